The van der Waals surface area contributed by atoms with E-state index in [4.69, 9.17) is 5.73 Å². The largest absolute Gasteiger partial charge is 0.398 e. The van der Waals surface area contributed by atoms with Gasteiger partial charge in [0, 0.05) is 17.4 Å². The van der Waals surface area contributed by atoms with E-state index in [0.717, 1.165) is 33.8 Å². The molecule has 0 aliphatic carbocycles. The summed E-state index contributed by atoms with van der Waals surface area (Å²) in [5, 5.41) is 0. The van der Waals surface area contributed by atoms with Crippen molar-refractivity contribution in [3.8, 4) is 11.4 Å². The summed E-state index contributed by atoms with van der Waals surface area (Å²) in [5.74, 6) is 0.797. The van der Waals surface area contributed by atoms with E-state index in [1.54, 1.807) is 6.20 Å². The highest BCUT2D eigenvalue weighted by atomic mass is 15.0. The van der Waals surface area contributed by atoms with E-state index in [0.29, 0.717) is 0 Å². The molecule has 3 N–H and O–H groups in total. The van der Waals surface area contributed by atoms with Gasteiger partial charge in [-0.25, -0.2) is 9.97 Å². The molecule has 0 aliphatic heterocycles. The Balaban J connectivity index is 2.17. The van der Waals surface area contributed by atoms with Gasteiger partial charge in [0.2, 0.25) is 0 Å². The maximum Gasteiger partial charge on any atom is 0.178 e. The number of nitrogens with one attached hydrogen (secondary N) is 1. The van der Waals surface area contributed by atoms with Crippen molar-refractivity contribution in [1.29, 1.82) is 0 Å². The minimum absolute atomic E-state index is 0.724. The normalized spacial score (nSPS) is 10.9. The summed E-state index contributed by atoms with van der Waals surface area (Å²) in [7, 11) is 0. The van der Waals surface area contributed by atoms with Crippen LogP contribution in [0.25, 0.3) is 22.6 Å². The highest BCUT2D eigenvalue weighted by Crippen LogP contribution is 2.22. The van der Waals surface area contributed by atoms with E-state index < -0.39 is 0 Å². The number of imidazole rings is 1. The molecule has 0 saturated carbocycles. The Hall–Kier alpha value is -2.36. The van der Waals surface area contributed by atoms with Crippen molar-refractivity contribution < 1.29 is 0 Å². The first kappa shape index (κ1) is 9.84. The number of fused-ring (bicyclic) bond motifs is 1. The fourth-order valence-electron chi connectivity index (χ4n) is 1.77. The van der Waals surface area contributed by atoms with Crippen LogP contribution in [0.15, 0.2) is 36.5 Å². The Morgan fingerprint density at radius 3 is 2.88 bits per heavy atom. The zero-order valence-corrected chi connectivity index (χ0v) is 9.44. The predicted octanol–water partition coefficient (Wildman–Crippen LogP) is 2.52. The molecule has 17 heavy (non-hydrogen) atoms. The van der Waals surface area contributed by atoms with E-state index in [1.165, 1.54) is 0 Å². The van der Waals surface area contributed by atoms with Gasteiger partial charge >= 0.3 is 0 Å². The number of nitrogen functional groups attached to an aromatic ring is 1. The highest BCUT2D eigenvalue weighted by molar-refractivity contribution is 5.76. The molecule has 3 rings (SSSR count). The van der Waals surface area contributed by atoms with Crippen LogP contribution >= 0.6 is 0 Å². The highest BCUT2D eigenvalue weighted by Gasteiger charge is 2.06. The number of hydrogen-bond acceptors (Lipinski definition) is 3. The van der Waals surface area contributed by atoms with Crippen LogP contribution in [-0.4, -0.2) is 15.0 Å². The molecule has 0 fully saturated rings. The standard InChI is InChI=1S/C13H12N4/c1-8-4-5-9(7-10(8)14)12-16-11-3-2-6-15-13(11)17-12/h2-7H,14H2,1H3,(H,15,16,17). The first-order valence-corrected chi connectivity index (χ1v) is 5.41. The van der Waals surface area contributed by atoms with Gasteiger partial charge in [0.05, 0.1) is 5.52 Å². The molecule has 2 aromatic heterocycles. The molecule has 4 heteroatoms. The number of hydrogen-bond donors (Lipinski definition) is 2. The first-order valence-electron chi connectivity index (χ1n) is 5.41. The van der Waals surface area contributed by atoms with Crippen LogP contribution in [0.3, 0.4) is 0 Å². The van der Waals surface area contributed by atoms with E-state index in [-0.39, 0.29) is 0 Å². The number of nitrogens with zero attached hydrogens (tertiary/aromatic N) is 2. The second-order valence-corrected chi connectivity index (χ2v) is 4.03. The molecule has 0 aliphatic rings. The quantitative estimate of drug-likeness (QED) is 0.624. The molecule has 0 atom stereocenters. The van der Waals surface area contributed by atoms with Crippen LogP contribution in [0.4, 0.5) is 5.69 Å². The molecule has 2 heterocycles. The lowest BCUT2D eigenvalue weighted by atomic mass is 10.1. The van der Waals surface area contributed by atoms with Gasteiger partial charge in [-0.1, -0.05) is 12.1 Å². The minimum Gasteiger partial charge on any atom is -0.398 e. The lowest BCUT2D eigenvalue weighted by molar-refractivity contribution is 1.30. The summed E-state index contributed by atoms with van der Waals surface area (Å²) >= 11 is 0. The number of rotatable bonds is 1. The fraction of sp³-hybridized carbons (Fsp3) is 0.0769. The summed E-state index contributed by atoms with van der Waals surface area (Å²) in [5.41, 5.74) is 10.4. The molecule has 0 amide bonds. The predicted molar refractivity (Wildman–Crippen MR) is 68.5 cm³/mol. The topological polar surface area (TPSA) is 67.6 Å². The Bertz CT molecular complexity index is 652. The number of aryl methyl sites for hydroxylation is 1. The van der Waals surface area contributed by atoms with Crippen molar-refractivity contribution in [2.75, 3.05) is 5.73 Å². The Morgan fingerprint density at radius 1 is 1.24 bits per heavy atom. The number of aromatic nitrogens is 3. The zero-order valence-electron chi connectivity index (χ0n) is 9.44. The van der Waals surface area contributed by atoms with Crippen molar-refractivity contribution in [3.63, 3.8) is 0 Å². The third-order valence-electron chi connectivity index (χ3n) is 2.81. The van der Waals surface area contributed by atoms with Gasteiger partial charge in [0.1, 0.15) is 5.82 Å². The molecule has 84 valence electrons. The number of pyridine rings is 1. The maximum atomic E-state index is 5.89. The molecular formula is C13H12N4. The van der Waals surface area contributed by atoms with Gasteiger partial charge in [-0.15, -0.1) is 0 Å². The van der Waals surface area contributed by atoms with Gasteiger partial charge in [0.25, 0.3) is 0 Å². The molecule has 0 bridgehead atoms. The van der Waals surface area contributed by atoms with Crippen LogP contribution in [0.1, 0.15) is 5.56 Å². The van der Waals surface area contributed by atoms with Crippen LogP contribution in [0.5, 0.6) is 0 Å². The summed E-state index contributed by atoms with van der Waals surface area (Å²) in [6, 6.07) is 9.76. The second-order valence-electron chi connectivity index (χ2n) is 4.03. The van der Waals surface area contributed by atoms with Crippen molar-refractivity contribution in [2.24, 2.45) is 0 Å². The van der Waals surface area contributed by atoms with Crippen molar-refractivity contribution in [3.05, 3.63) is 42.1 Å². The third kappa shape index (κ3) is 1.63. The lowest BCUT2D eigenvalue weighted by Crippen LogP contribution is -1.90. The number of benzene rings is 1. The monoisotopic (exact) mass is 224 g/mol. The number of anilines is 1. The maximum absolute atomic E-state index is 5.89. The van der Waals surface area contributed by atoms with E-state index in [2.05, 4.69) is 15.0 Å². The van der Waals surface area contributed by atoms with Gasteiger partial charge in [-0.05, 0) is 30.7 Å². The Morgan fingerprint density at radius 2 is 2.12 bits per heavy atom. The van der Waals surface area contributed by atoms with E-state index in [1.807, 2.05) is 37.3 Å². The van der Waals surface area contributed by atoms with Crippen LogP contribution in [0.2, 0.25) is 0 Å². The van der Waals surface area contributed by atoms with Gasteiger partial charge in [-0.2, -0.15) is 0 Å². The zero-order chi connectivity index (χ0) is 11.8. The molecule has 0 spiro atoms. The summed E-state index contributed by atoms with van der Waals surface area (Å²) in [6.45, 7) is 1.99. The summed E-state index contributed by atoms with van der Waals surface area (Å²) < 4.78 is 0. The third-order valence-corrected chi connectivity index (χ3v) is 2.81. The second kappa shape index (κ2) is 3.59. The number of H-pyrrole nitrogens is 1. The van der Waals surface area contributed by atoms with Crippen molar-refractivity contribution in [1.82, 2.24) is 15.0 Å². The smallest absolute Gasteiger partial charge is 0.178 e. The molecular weight excluding hydrogens is 212 g/mol. The molecule has 4 nitrogen and oxygen atoms in total. The average molecular weight is 224 g/mol. The molecule has 0 saturated heterocycles. The first-order chi connectivity index (χ1) is 8.24. The molecule has 1 aromatic carbocycles. The number of aromatic amines is 1. The average Bonchev–Trinajstić information content (AvgIpc) is 2.76. The van der Waals surface area contributed by atoms with Crippen molar-refractivity contribution >= 4 is 16.9 Å². The Kier molecular flexibility index (Phi) is 2.08. The van der Waals surface area contributed by atoms with E-state index in [9.17, 15) is 0 Å². The van der Waals surface area contributed by atoms with Gasteiger partial charge in [0.15, 0.2) is 5.65 Å². The van der Waals surface area contributed by atoms with Gasteiger partial charge in [-0.3, -0.25) is 0 Å². The summed E-state index contributed by atoms with van der Waals surface area (Å²) in [6.07, 6.45) is 1.73. The Labute approximate surface area is 98.5 Å². The van der Waals surface area contributed by atoms with Crippen LogP contribution in [0, 0.1) is 6.92 Å². The molecule has 3 aromatic rings. The SMILES string of the molecule is Cc1ccc(-c2nc3ncccc3[nH]2)cc1N. The van der Waals surface area contributed by atoms with E-state index >= 15 is 0 Å². The minimum atomic E-state index is 0.724. The van der Waals surface area contributed by atoms with Crippen LogP contribution in [-0.2, 0) is 0 Å². The fourth-order valence-corrected chi connectivity index (χ4v) is 1.77. The molecule has 0 radical (unpaired) electrons. The summed E-state index contributed by atoms with van der Waals surface area (Å²) in [4.78, 5) is 11.9. The number of nitrogens with two attached hydrogens (primary N) is 1. The lowest BCUT2D eigenvalue weighted by Gasteiger charge is -2.01. The van der Waals surface area contributed by atoms with Crippen LogP contribution < -0.4 is 5.73 Å². The van der Waals surface area contributed by atoms with Gasteiger partial charge < -0.3 is 10.7 Å². The van der Waals surface area contributed by atoms with Crippen molar-refractivity contribution in [2.45, 2.75) is 6.92 Å². The molecule has 0 unspecified atom stereocenters.